The van der Waals surface area contributed by atoms with Gasteiger partial charge in [0.2, 0.25) is 0 Å². The van der Waals surface area contributed by atoms with Crippen LogP contribution in [0.3, 0.4) is 0 Å². The second-order valence-electron chi connectivity index (χ2n) is 3.92. The van der Waals surface area contributed by atoms with Gasteiger partial charge >= 0.3 is 0 Å². The summed E-state index contributed by atoms with van der Waals surface area (Å²) >= 11 is 0. The second-order valence-corrected chi connectivity index (χ2v) is 3.92. The molecule has 5 heteroatoms. The summed E-state index contributed by atoms with van der Waals surface area (Å²) < 4.78 is 0. The Labute approximate surface area is 89.6 Å². The molecule has 0 fully saturated rings. The summed E-state index contributed by atoms with van der Waals surface area (Å²) in [6, 6.07) is 2.02. The fourth-order valence-electron chi connectivity index (χ4n) is 1.08. The third-order valence-corrected chi connectivity index (χ3v) is 2.51. The molecular weight excluding hydrogens is 190 g/mol. The Kier molecular flexibility index (Phi) is 3.22. The van der Waals surface area contributed by atoms with Crippen LogP contribution in [-0.2, 0) is 0 Å². The number of hydrogen-bond donors (Lipinski definition) is 1. The first-order valence-electron chi connectivity index (χ1n) is 4.68. The monoisotopic (exact) mass is 205 g/mol. The van der Waals surface area contributed by atoms with Gasteiger partial charge in [0.25, 0.3) is 0 Å². The molecule has 0 unspecified atom stereocenters. The number of hydrogen-bond acceptors (Lipinski definition) is 5. The van der Waals surface area contributed by atoms with Crippen LogP contribution in [0.4, 0.5) is 5.82 Å². The summed E-state index contributed by atoms with van der Waals surface area (Å²) in [7, 11) is 1.86. The largest absolute Gasteiger partial charge is 0.351 e. The maximum atomic E-state index is 8.90. The number of anilines is 1. The van der Waals surface area contributed by atoms with E-state index in [0.29, 0.717) is 18.1 Å². The lowest BCUT2D eigenvalue weighted by Crippen LogP contribution is -2.48. The van der Waals surface area contributed by atoms with Crippen molar-refractivity contribution in [1.29, 1.82) is 5.26 Å². The Hall–Kier alpha value is -1.67. The molecule has 0 atom stereocenters. The van der Waals surface area contributed by atoms with Crippen molar-refractivity contribution in [2.75, 3.05) is 18.5 Å². The maximum Gasteiger partial charge on any atom is 0.183 e. The van der Waals surface area contributed by atoms with Crippen molar-refractivity contribution in [1.82, 2.24) is 9.97 Å². The molecule has 5 nitrogen and oxygen atoms in total. The van der Waals surface area contributed by atoms with E-state index >= 15 is 0 Å². The summed E-state index contributed by atoms with van der Waals surface area (Å²) in [6.45, 7) is 4.45. The number of aromatic nitrogens is 2. The molecule has 0 spiro atoms. The first-order valence-corrected chi connectivity index (χ1v) is 4.68. The van der Waals surface area contributed by atoms with Crippen molar-refractivity contribution in [3.8, 4) is 6.07 Å². The van der Waals surface area contributed by atoms with E-state index in [0.717, 1.165) is 0 Å². The third kappa shape index (κ3) is 2.22. The van der Waals surface area contributed by atoms with Crippen molar-refractivity contribution < 1.29 is 0 Å². The molecule has 1 aromatic rings. The van der Waals surface area contributed by atoms with E-state index in [1.54, 1.807) is 6.20 Å². The average molecular weight is 205 g/mol. The quantitative estimate of drug-likeness (QED) is 0.778. The first kappa shape index (κ1) is 11.4. The molecule has 0 saturated carbocycles. The number of rotatable bonds is 3. The number of nitrogens with two attached hydrogens (primary N) is 1. The molecule has 0 aromatic carbocycles. The molecule has 0 bridgehead atoms. The highest BCUT2D eigenvalue weighted by Gasteiger charge is 2.25. The van der Waals surface area contributed by atoms with Crippen molar-refractivity contribution in [3.63, 3.8) is 0 Å². The lowest BCUT2D eigenvalue weighted by atomic mass is 10.0. The molecule has 1 aromatic heterocycles. The molecule has 0 radical (unpaired) electrons. The first-order chi connectivity index (χ1) is 7.03. The van der Waals surface area contributed by atoms with Gasteiger partial charge in [-0.2, -0.15) is 5.26 Å². The van der Waals surface area contributed by atoms with Crippen molar-refractivity contribution in [3.05, 3.63) is 18.1 Å². The molecule has 1 heterocycles. The zero-order valence-corrected chi connectivity index (χ0v) is 9.23. The predicted molar refractivity (Wildman–Crippen MR) is 58.3 cm³/mol. The van der Waals surface area contributed by atoms with Crippen LogP contribution in [0.1, 0.15) is 19.5 Å². The number of nitrogens with zero attached hydrogens (tertiary/aromatic N) is 4. The van der Waals surface area contributed by atoms with Crippen LogP contribution in [0.15, 0.2) is 12.4 Å². The predicted octanol–water partition coefficient (Wildman–Crippen LogP) is 0.522. The minimum Gasteiger partial charge on any atom is -0.351 e. The average Bonchev–Trinajstić information content (AvgIpc) is 2.28. The molecule has 0 amide bonds. The van der Waals surface area contributed by atoms with E-state index in [-0.39, 0.29) is 5.54 Å². The van der Waals surface area contributed by atoms with E-state index < -0.39 is 0 Å². The molecule has 0 aliphatic rings. The van der Waals surface area contributed by atoms with Gasteiger partial charge in [0.1, 0.15) is 6.07 Å². The Morgan fingerprint density at radius 1 is 1.47 bits per heavy atom. The summed E-state index contributed by atoms with van der Waals surface area (Å²) in [5.41, 5.74) is 5.74. The van der Waals surface area contributed by atoms with Crippen LogP contribution in [0, 0.1) is 11.3 Å². The van der Waals surface area contributed by atoms with Crippen molar-refractivity contribution in [2.45, 2.75) is 19.4 Å². The van der Waals surface area contributed by atoms with Crippen molar-refractivity contribution in [2.24, 2.45) is 5.73 Å². The van der Waals surface area contributed by atoms with Gasteiger partial charge in [-0.05, 0) is 13.8 Å². The summed E-state index contributed by atoms with van der Waals surface area (Å²) in [4.78, 5) is 9.98. The highest BCUT2D eigenvalue weighted by atomic mass is 15.2. The topological polar surface area (TPSA) is 78.8 Å². The Balaban J connectivity index is 3.12. The van der Waals surface area contributed by atoms with Crippen LogP contribution in [0.2, 0.25) is 0 Å². The zero-order chi connectivity index (χ0) is 11.5. The van der Waals surface area contributed by atoms with Gasteiger partial charge in [-0.3, -0.25) is 0 Å². The van der Waals surface area contributed by atoms with Crippen LogP contribution >= 0.6 is 0 Å². The van der Waals surface area contributed by atoms with Crippen LogP contribution in [0.5, 0.6) is 0 Å². The third-order valence-electron chi connectivity index (χ3n) is 2.51. The lowest BCUT2D eigenvalue weighted by Gasteiger charge is -2.35. The fraction of sp³-hybridized carbons (Fsp3) is 0.500. The van der Waals surface area contributed by atoms with Crippen LogP contribution in [-0.4, -0.2) is 29.1 Å². The van der Waals surface area contributed by atoms with Crippen molar-refractivity contribution >= 4 is 5.82 Å². The Bertz CT molecular complexity index is 380. The zero-order valence-electron chi connectivity index (χ0n) is 9.23. The van der Waals surface area contributed by atoms with E-state index in [4.69, 9.17) is 11.0 Å². The smallest absolute Gasteiger partial charge is 0.183 e. The maximum absolute atomic E-state index is 8.90. The van der Waals surface area contributed by atoms with Crippen LogP contribution < -0.4 is 10.6 Å². The van der Waals surface area contributed by atoms with Gasteiger partial charge in [-0.1, -0.05) is 0 Å². The molecule has 0 saturated heterocycles. The van der Waals surface area contributed by atoms with Crippen LogP contribution in [0.25, 0.3) is 0 Å². The van der Waals surface area contributed by atoms with E-state index in [1.807, 2.05) is 31.9 Å². The van der Waals surface area contributed by atoms with Gasteiger partial charge in [0.15, 0.2) is 11.5 Å². The molecule has 80 valence electrons. The minimum absolute atomic E-state index is 0.248. The molecule has 15 heavy (non-hydrogen) atoms. The SMILES string of the molecule is CN(c1nccnc1C#N)C(C)(C)CN. The highest BCUT2D eigenvalue weighted by Crippen LogP contribution is 2.20. The van der Waals surface area contributed by atoms with E-state index in [2.05, 4.69) is 9.97 Å². The summed E-state index contributed by atoms with van der Waals surface area (Å²) in [5.74, 6) is 0.565. The van der Waals surface area contributed by atoms with Gasteiger partial charge in [-0.25, -0.2) is 9.97 Å². The molecule has 2 N–H and O–H groups in total. The highest BCUT2D eigenvalue weighted by molar-refractivity contribution is 5.50. The van der Waals surface area contributed by atoms with Gasteiger partial charge < -0.3 is 10.6 Å². The Morgan fingerprint density at radius 2 is 2.07 bits per heavy atom. The number of nitriles is 1. The summed E-state index contributed by atoms with van der Waals surface area (Å²) in [5, 5.41) is 8.90. The van der Waals surface area contributed by atoms with E-state index in [1.165, 1.54) is 6.20 Å². The minimum atomic E-state index is -0.248. The molecule has 0 aliphatic heterocycles. The van der Waals surface area contributed by atoms with Gasteiger partial charge in [0, 0.05) is 31.5 Å². The lowest BCUT2D eigenvalue weighted by molar-refractivity contribution is 0.493. The molecular formula is C10H15N5. The number of likely N-dealkylation sites (N-methyl/N-ethyl adjacent to an activating group) is 1. The summed E-state index contributed by atoms with van der Waals surface area (Å²) in [6.07, 6.45) is 3.07. The van der Waals surface area contributed by atoms with Gasteiger partial charge in [0.05, 0.1) is 0 Å². The fourth-order valence-corrected chi connectivity index (χ4v) is 1.08. The normalized spacial score (nSPS) is 10.9. The Morgan fingerprint density at radius 3 is 2.60 bits per heavy atom. The molecule has 0 aliphatic carbocycles. The molecule has 1 rings (SSSR count). The van der Waals surface area contributed by atoms with E-state index in [9.17, 15) is 0 Å². The van der Waals surface area contributed by atoms with Gasteiger partial charge in [-0.15, -0.1) is 0 Å². The second kappa shape index (κ2) is 4.24. The standard InChI is InChI=1S/C10H15N5/c1-10(2,7-12)15(3)9-8(6-11)13-4-5-14-9/h4-5H,7,12H2,1-3H3.